The molecular formula is C38H42NO+. The fraction of sp³-hybridized carbons (Fsp3) is 0.395. The van der Waals surface area contributed by atoms with Gasteiger partial charge in [0.1, 0.15) is 18.5 Å². The Labute approximate surface area is 239 Å². The van der Waals surface area contributed by atoms with Crippen molar-refractivity contribution in [2.24, 2.45) is 12.5 Å². The summed E-state index contributed by atoms with van der Waals surface area (Å²) in [6, 6.07) is 18.8. The van der Waals surface area contributed by atoms with Crippen LogP contribution in [0.5, 0.6) is 11.5 Å². The monoisotopic (exact) mass is 528 g/mol. The van der Waals surface area contributed by atoms with Crippen LogP contribution in [0.2, 0.25) is 0 Å². The largest absolute Gasteiger partial charge is 0.455 e. The SMILES string of the molecule is Cc1c2c(c(CC(C)(C)C)c3ccc(C(C)C)cc13)Oc1cc3c(C4CCCC4)cccc3c3cc[n+](C)c-2c13. The van der Waals surface area contributed by atoms with Gasteiger partial charge in [0.25, 0.3) is 0 Å². The molecule has 0 atom stereocenters. The second-order valence-electron chi connectivity index (χ2n) is 14.0. The van der Waals surface area contributed by atoms with E-state index in [-0.39, 0.29) is 5.41 Å². The average Bonchev–Trinajstić information content (AvgIpc) is 3.46. The van der Waals surface area contributed by atoms with Crippen molar-refractivity contribution in [3.63, 3.8) is 0 Å². The van der Waals surface area contributed by atoms with Crippen molar-refractivity contribution in [2.75, 3.05) is 0 Å². The molecule has 40 heavy (non-hydrogen) atoms. The maximum atomic E-state index is 7.16. The van der Waals surface area contributed by atoms with E-state index in [1.54, 1.807) is 0 Å². The standard InChI is InChI=1S/C38H42NO/c1-22(2)25-15-16-28-30(19-25)23(3)34-36-35-29(17-18-39(36)7)27-14-10-13-26(24-11-8-9-12-24)31(27)20-33(35)40-37(34)32(28)21-38(4,5)6/h10,13-20,22,24H,8-9,11-12,21H2,1-7H3/q+1. The predicted octanol–water partition coefficient (Wildman–Crippen LogP) is 10.4. The molecule has 5 aromatic rings. The third-order valence-electron chi connectivity index (χ3n) is 9.54. The first-order chi connectivity index (χ1) is 19.1. The molecule has 1 fully saturated rings. The van der Waals surface area contributed by atoms with Crippen molar-refractivity contribution >= 4 is 32.3 Å². The summed E-state index contributed by atoms with van der Waals surface area (Å²) in [6.45, 7) is 13.9. The van der Waals surface area contributed by atoms with Crippen molar-refractivity contribution in [1.29, 1.82) is 0 Å². The topological polar surface area (TPSA) is 13.1 Å². The zero-order chi connectivity index (χ0) is 27.9. The molecule has 0 amide bonds. The summed E-state index contributed by atoms with van der Waals surface area (Å²) in [4.78, 5) is 0. The number of fused-ring (bicyclic) bond motifs is 5. The van der Waals surface area contributed by atoms with E-state index in [2.05, 4.69) is 108 Å². The van der Waals surface area contributed by atoms with Crippen LogP contribution in [0.1, 0.15) is 94.4 Å². The molecule has 2 heteroatoms. The van der Waals surface area contributed by atoms with Gasteiger partial charge in [-0.1, -0.05) is 83.9 Å². The molecule has 1 saturated carbocycles. The minimum absolute atomic E-state index is 0.129. The highest BCUT2D eigenvalue weighted by Gasteiger charge is 2.35. The molecule has 7 rings (SSSR count). The Bertz CT molecular complexity index is 1830. The van der Waals surface area contributed by atoms with Crippen LogP contribution in [0.15, 0.2) is 54.7 Å². The lowest BCUT2D eigenvalue weighted by molar-refractivity contribution is -0.659. The van der Waals surface area contributed by atoms with Crippen molar-refractivity contribution in [3.05, 3.63) is 77.0 Å². The van der Waals surface area contributed by atoms with Crippen LogP contribution in [-0.4, -0.2) is 0 Å². The van der Waals surface area contributed by atoms with Gasteiger partial charge < -0.3 is 4.74 Å². The maximum absolute atomic E-state index is 7.16. The van der Waals surface area contributed by atoms with Crippen LogP contribution in [0, 0.1) is 12.3 Å². The Kier molecular flexibility index (Phi) is 5.79. The third-order valence-corrected chi connectivity index (χ3v) is 9.54. The predicted molar refractivity (Wildman–Crippen MR) is 169 cm³/mol. The molecule has 0 radical (unpaired) electrons. The van der Waals surface area contributed by atoms with Gasteiger partial charge in [0.2, 0.25) is 5.69 Å². The number of rotatable bonds is 3. The number of pyridine rings is 1. The zero-order valence-electron chi connectivity index (χ0n) is 25.2. The molecule has 0 unspecified atom stereocenters. The highest BCUT2D eigenvalue weighted by molar-refractivity contribution is 6.17. The highest BCUT2D eigenvalue weighted by Crippen LogP contribution is 2.53. The van der Waals surface area contributed by atoms with Gasteiger partial charge in [-0.25, -0.2) is 4.57 Å². The number of aromatic nitrogens is 1. The van der Waals surface area contributed by atoms with Crippen LogP contribution < -0.4 is 9.30 Å². The summed E-state index contributed by atoms with van der Waals surface area (Å²) in [7, 11) is 2.20. The molecular weight excluding hydrogens is 486 g/mol. The van der Waals surface area contributed by atoms with Crippen LogP contribution in [0.25, 0.3) is 43.6 Å². The van der Waals surface area contributed by atoms with E-state index in [1.165, 1.54) is 91.5 Å². The third kappa shape index (κ3) is 3.86. The molecule has 204 valence electrons. The minimum atomic E-state index is 0.129. The second kappa shape index (κ2) is 9.06. The summed E-state index contributed by atoms with van der Waals surface area (Å²) in [5.41, 5.74) is 8.23. The molecule has 0 bridgehead atoms. The summed E-state index contributed by atoms with van der Waals surface area (Å²) < 4.78 is 9.49. The number of benzene rings is 4. The number of nitrogens with zero attached hydrogens (tertiary/aromatic N) is 1. The Morgan fingerprint density at radius 2 is 1.68 bits per heavy atom. The summed E-state index contributed by atoms with van der Waals surface area (Å²) in [5, 5.41) is 7.97. The summed E-state index contributed by atoms with van der Waals surface area (Å²) in [5.74, 6) is 3.22. The van der Waals surface area contributed by atoms with Gasteiger partial charge in [-0.05, 0) is 87.7 Å². The van der Waals surface area contributed by atoms with Gasteiger partial charge in [0.15, 0.2) is 6.20 Å². The summed E-state index contributed by atoms with van der Waals surface area (Å²) >= 11 is 0. The van der Waals surface area contributed by atoms with Crippen molar-refractivity contribution in [2.45, 2.75) is 85.5 Å². The number of hydrogen-bond acceptors (Lipinski definition) is 1. The molecule has 0 spiro atoms. The van der Waals surface area contributed by atoms with E-state index < -0.39 is 0 Å². The first-order valence-corrected chi connectivity index (χ1v) is 15.3. The van der Waals surface area contributed by atoms with Crippen LogP contribution in [0.3, 0.4) is 0 Å². The first-order valence-electron chi connectivity index (χ1n) is 15.3. The fourth-order valence-electron chi connectivity index (χ4n) is 7.57. The molecule has 0 saturated heterocycles. The lowest BCUT2D eigenvalue weighted by Gasteiger charge is -2.29. The molecule has 1 aliphatic heterocycles. The molecule has 1 aliphatic carbocycles. The van der Waals surface area contributed by atoms with E-state index in [9.17, 15) is 0 Å². The van der Waals surface area contributed by atoms with E-state index >= 15 is 0 Å². The van der Waals surface area contributed by atoms with Crippen LogP contribution in [-0.2, 0) is 13.5 Å². The molecule has 2 aliphatic rings. The number of aryl methyl sites for hydroxylation is 2. The normalized spacial score (nSPS) is 15.4. The number of hydrogen-bond donors (Lipinski definition) is 0. The smallest absolute Gasteiger partial charge is 0.228 e. The lowest BCUT2D eigenvalue weighted by atomic mass is 9.80. The Morgan fingerprint density at radius 1 is 0.900 bits per heavy atom. The second-order valence-corrected chi connectivity index (χ2v) is 14.0. The van der Waals surface area contributed by atoms with Crippen LogP contribution >= 0.6 is 0 Å². The van der Waals surface area contributed by atoms with Crippen molar-refractivity contribution in [3.8, 4) is 22.8 Å². The van der Waals surface area contributed by atoms with Gasteiger partial charge in [0, 0.05) is 17.0 Å². The van der Waals surface area contributed by atoms with Gasteiger partial charge >= 0.3 is 0 Å². The molecule has 2 heterocycles. The highest BCUT2D eigenvalue weighted by atomic mass is 16.5. The van der Waals surface area contributed by atoms with Crippen LogP contribution in [0.4, 0.5) is 0 Å². The molecule has 0 N–H and O–H groups in total. The Morgan fingerprint density at radius 3 is 2.40 bits per heavy atom. The lowest BCUT2D eigenvalue weighted by Crippen LogP contribution is -2.32. The molecule has 2 nitrogen and oxygen atoms in total. The quantitative estimate of drug-likeness (QED) is 0.164. The average molecular weight is 529 g/mol. The Hall–Kier alpha value is -3.39. The number of ether oxygens (including phenoxy) is 1. The zero-order valence-corrected chi connectivity index (χ0v) is 25.2. The Balaban J connectivity index is 1.60. The maximum Gasteiger partial charge on any atom is 0.228 e. The summed E-state index contributed by atoms with van der Waals surface area (Å²) in [6.07, 6.45) is 8.49. The van der Waals surface area contributed by atoms with Crippen molar-refractivity contribution in [1.82, 2.24) is 0 Å². The van der Waals surface area contributed by atoms with Gasteiger partial charge in [0.05, 0.1) is 10.9 Å². The van der Waals surface area contributed by atoms with E-state index in [0.29, 0.717) is 11.8 Å². The minimum Gasteiger partial charge on any atom is -0.455 e. The van der Waals surface area contributed by atoms with E-state index in [4.69, 9.17) is 4.74 Å². The molecule has 4 aromatic carbocycles. The molecule has 1 aromatic heterocycles. The van der Waals surface area contributed by atoms with Crippen molar-refractivity contribution < 1.29 is 9.30 Å². The van der Waals surface area contributed by atoms with Gasteiger partial charge in [-0.2, -0.15) is 0 Å². The van der Waals surface area contributed by atoms with E-state index in [1.807, 2.05) is 0 Å². The first kappa shape index (κ1) is 25.6. The van der Waals surface area contributed by atoms with Gasteiger partial charge in [-0.3, -0.25) is 0 Å². The van der Waals surface area contributed by atoms with E-state index in [0.717, 1.165) is 17.9 Å². The fourth-order valence-corrected chi connectivity index (χ4v) is 7.57. The van der Waals surface area contributed by atoms with Gasteiger partial charge in [-0.15, -0.1) is 0 Å².